The number of carbonyl (C=O) groups excluding carboxylic acids is 2. The van der Waals surface area contributed by atoms with Crippen molar-refractivity contribution in [1.82, 2.24) is 20.4 Å². The Labute approximate surface area is 201 Å². The zero-order valence-electron chi connectivity index (χ0n) is 20.5. The van der Waals surface area contributed by atoms with Gasteiger partial charge in [-0.1, -0.05) is 13.8 Å². The van der Waals surface area contributed by atoms with Crippen molar-refractivity contribution in [3.63, 3.8) is 0 Å². The zero-order valence-corrected chi connectivity index (χ0v) is 20.5. The number of anilines is 1. The summed E-state index contributed by atoms with van der Waals surface area (Å²) < 4.78 is 26.7. The summed E-state index contributed by atoms with van der Waals surface area (Å²) in [6, 6.07) is 3.87. The first-order chi connectivity index (χ1) is 16.4. The van der Waals surface area contributed by atoms with E-state index in [1.165, 1.54) is 6.07 Å². The molecule has 7 nitrogen and oxygen atoms in total. The molecule has 2 aliphatic rings. The fourth-order valence-electron chi connectivity index (χ4n) is 4.80. The number of nitrogens with one attached hydrogen (secondary N) is 2. The molecule has 2 heterocycles. The van der Waals surface area contributed by atoms with Gasteiger partial charge in [0, 0.05) is 56.9 Å². The van der Waals surface area contributed by atoms with Gasteiger partial charge in [0.05, 0.1) is 0 Å². The average molecular weight is 480 g/mol. The molecule has 0 spiro atoms. The molecule has 2 fully saturated rings. The molecule has 3 rings (SSSR count). The molecule has 0 bridgehead atoms. The molecule has 0 saturated carbocycles. The van der Waals surface area contributed by atoms with Gasteiger partial charge in [-0.25, -0.2) is 13.6 Å². The highest BCUT2D eigenvalue weighted by molar-refractivity contribution is 5.79. The number of carbonyl (C=O) groups is 2. The van der Waals surface area contributed by atoms with Gasteiger partial charge in [-0.05, 0) is 63.4 Å². The quantitative estimate of drug-likeness (QED) is 0.506. The van der Waals surface area contributed by atoms with Crippen molar-refractivity contribution < 1.29 is 18.4 Å². The van der Waals surface area contributed by atoms with Gasteiger partial charge in [0.2, 0.25) is 5.91 Å². The number of rotatable bonds is 10. The highest BCUT2D eigenvalue weighted by atomic mass is 19.2. The molecule has 9 heteroatoms. The number of piperidine rings is 1. The molecule has 3 amide bonds. The van der Waals surface area contributed by atoms with E-state index in [4.69, 9.17) is 0 Å². The van der Waals surface area contributed by atoms with Gasteiger partial charge in [0.25, 0.3) is 0 Å². The average Bonchev–Trinajstić information content (AvgIpc) is 3.33. The van der Waals surface area contributed by atoms with Crippen LogP contribution in [0.15, 0.2) is 18.2 Å². The van der Waals surface area contributed by atoms with Crippen LogP contribution in [0.4, 0.5) is 19.3 Å². The number of likely N-dealkylation sites (tertiary alicyclic amines) is 1. The van der Waals surface area contributed by atoms with Crippen LogP contribution >= 0.6 is 0 Å². The first kappa shape index (κ1) is 26.2. The van der Waals surface area contributed by atoms with E-state index >= 15 is 0 Å². The molecule has 1 aromatic rings. The first-order valence-electron chi connectivity index (χ1n) is 12.6. The molecule has 2 aliphatic heterocycles. The zero-order chi connectivity index (χ0) is 24.5. The summed E-state index contributed by atoms with van der Waals surface area (Å²) in [4.78, 5) is 31.2. The predicted octanol–water partition coefficient (Wildman–Crippen LogP) is 3.06. The van der Waals surface area contributed by atoms with E-state index in [0.717, 1.165) is 45.1 Å². The second-order valence-corrected chi connectivity index (χ2v) is 9.32. The standard InChI is InChI=1S/C25H39F2N5O2/c1-3-30(4-2)12-5-11-28-24(33)20-9-14-31(15-10-20)25(34)29-17-19-8-13-32(18-19)21-6-7-22(26)23(27)16-21/h6-7,16,19-20H,3-5,8-15,17-18H2,1-2H3,(H,28,33)(H,29,34). The summed E-state index contributed by atoms with van der Waals surface area (Å²) in [6.07, 6.45) is 3.20. The monoisotopic (exact) mass is 479 g/mol. The van der Waals surface area contributed by atoms with Gasteiger partial charge in [0.15, 0.2) is 11.6 Å². The van der Waals surface area contributed by atoms with Crippen LogP contribution in [0, 0.1) is 23.5 Å². The number of amides is 3. The molecule has 1 aromatic carbocycles. The van der Waals surface area contributed by atoms with E-state index in [1.807, 2.05) is 4.90 Å². The molecule has 34 heavy (non-hydrogen) atoms. The van der Waals surface area contributed by atoms with Crippen molar-refractivity contribution in [2.45, 2.75) is 39.5 Å². The Hall–Kier alpha value is -2.42. The summed E-state index contributed by atoms with van der Waals surface area (Å²) in [7, 11) is 0. The molecular formula is C25H39F2N5O2. The number of halogens is 2. The predicted molar refractivity (Wildman–Crippen MR) is 130 cm³/mol. The lowest BCUT2D eigenvalue weighted by Gasteiger charge is -2.31. The lowest BCUT2D eigenvalue weighted by molar-refractivity contribution is -0.126. The topological polar surface area (TPSA) is 67.9 Å². The van der Waals surface area contributed by atoms with Crippen LogP contribution < -0.4 is 15.5 Å². The first-order valence-corrected chi connectivity index (χ1v) is 12.6. The summed E-state index contributed by atoms with van der Waals surface area (Å²) in [5.74, 6) is -1.36. The molecule has 1 atom stereocenters. The smallest absolute Gasteiger partial charge is 0.317 e. The third-order valence-electron chi connectivity index (χ3n) is 7.09. The van der Waals surface area contributed by atoms with Crippen molar-refractivity contribution in [2.24, 2.45) is 11.8 Å². The summed E-state index contributed by atoms with van der Waals surface area (Å²) in [5.41, 5.74) is 0.668. The molecule has 2 N–H and O–H groups in total. The molecular weight excluding hydrogens is 440 g/mol. The van der Waals surface area contributed by atoms with Gasteiger partial charge < -0.3 is 25.3 Å². The number of urea groups is 1. The number of benzene rings is 1. The Morgan fingerprint density at radius 1 is 1.03 bits per heavy atom. The van der Waals surface area contributed by atoms with Gasteiger partial charge in [-0.15, -0.1) is 0 Å². The van der Waals surface area contributed by atoms with Crippen molar-refractivity contribution >= 4 is 17.6 Å². The summed E-state index contributed by atoms with van der Waals surface area (Å²) in [6.45, 7) is 11.2. The van der Waals surface area contributed by atoms with Gasteiger partial charge in [-0.3, -0.25) is 4.79 Å². The van der Waals surface area contributed by atoms with E-state index in [9.17, 15) is 18.4 Å². The van der Waals surface area contributed by atoms with E-state index < -0.39 is 11.6 Å². The Kier molecular flexibility index (Phi) is 9.92. The fraction of sp³-hybridized carbons (Fsp3) is 0.680. The number of hydrogen-bond acceptors (Lipinski definition) is 4. The van der Waals surface area contributed by atoms with Crippen LogP contribution in [0.25, 0.3) is 0 Å². The van der Waals surface area contributed by atoms with Crippen LogP contribution in [-0.4, -0.2) is 80.6 Å². The maximum absolute atomic E-state index is 13.5. The molecule has 0 aromatic heterocycles. The fourth-order valence-corrected chi connectivity index (χ4v) is 4.80. The largest absolute Gasteiger partial charge is 0.371 e. The highest BCUT2D eigenvalue weighted by Gasteiger charge is 2.28. The molecule has 0 aliphatic carbocycles. The second kappa shape index (κ2) is 12.9. The minimum Gasteiger partial charge on any atom is -0.371 e. The van der Waals surface area contributed by atoms with Crippen LogP contribution in [0.3, 0.4) is 0 Å². The minimum atomic E-state index is -0.844. The van der Waals surface area contributed by atoms with E-state index in [2.05, 4.69) is 29.4 Å². The lowest BCUT2D eigenvalue weighted by atomic mass is 9.96. The van der Waals surface area contributed by atoms with Crippen LogP contribution in [-0.2, 0) is 4.79 Å². The summed E-state index contributed by atoms with van der Waals surface area (Å²) >= 11 is 0. The van der Waals surface area contributed by atoms with E-state index in [-0.39, 0.29) is 23.8 Å². The SMILES string of the molecule is CCN(CC)CCCNC(=O)C1CCN(C(=O)NCC2CCN(c3ccc(F)c(F)c3)C2)CC1. The molecule has 190 valence electrons. The van der Waals surface area contributed by atoms with Gasteiger partial charge in [0.1, 0.15) is 0 Å². The Bertz CT molecular complexity index is 812. The van der Waals surface area contributed by atoms with Crippen molar-refractivity contribution in [2.75, 3.05) is 63.8 Å². The third kappa shape index (κ3) is 7.29. The maximum atomic E-state index is 13.5. The highest BCUT2D eigenvalue weighted by Crippen LogP contribution is 2.25. The number of hydrogen-bond donors (Lipinski definition) is 2. The second-order valence-electron chi connectivity index (χ2n) is 9.32. The van der Waals surface area contributed by atoms with E-state index in [1.54, 1.807) is 11.0 Å². The van der Waals surface area contributed by atoms with Crippen LogP contribution in [0.1, 0.15) is 39.5 Å². The minimum absolute atomic E-state index is 0.0306. The lowest BCUT2D eigenvalue weighted by Crippen LogP contribution is -2.48. The number of nitrogens with zero attached hydrogens (tertiary/aromatic N) is 3. The third-order valence-corrected chi connectivity index (χ3v) is 7.09. The Morgan fingerprint density at radius 2 is 1.76 bits per heavy atom. The van der Waals surface area contributed by atoms with E-state index in [0.29, 0.717) is 51.3 Å². The van der Waals surface area contributed by atoms with Crippen molar-refractivity contribution in [3.8, 4) is 0 Å². The van der Waals surface area contributed by atoms with Crippen LogP contribution in [0.5, 0.6) is 0 Å². The Balaban J connectivity index is 1.32. The molecule has 1 unspecified atom stereocenters. The van der Waals surface area contributed by atoms with Crippen LogP contribution in [0.2, 0.25) is 0 Å². The van der Waals surface area contributed by atoms with Crippen molar-refractivity contribution in [3.05, 3.63) is 29.8 Å². The van der Waals surface area contributed by atoms with Crippen molar-refractivity contribution in [1.29, 1.82) is 0 Å². The Morgan fingerprint density at radius 3 is 2.44 bits per heavy atom. The normalized spacial score (nSPS) is 19.0. The van der Waals surface area contributed by atoms with Gasteiger partial charge >= 0.3 is 6.03 Å². The molecule has 2 saturated heterocycles. The summed E-state index contributed by atoms with van der Waals surface area (Å²) in [5, 5.41) is 6.07. The van der Waals surface area contributed by atoms with Gasteiger partial charge in [-0.2, -0.15) is 0 Å². The maximum Gasteiger partial charge on any atom is 0.317 e. The molecule has 0 radical (unpaired) electrons.